The number of hydrogen-bond acceptors (Lipinski definition) is 4. The van der Waals surface area contributed by atoms with E-state index < -0.39 is 15.9 Å². The van der Waals surface area contributed by atoms with Gasteiger partial charge in [0, 0.05) is 23.1 Å². The lowest BCUT2D eigenvalue weighted by Gasteiger charge is -2.21. The van der Waals surface area contributed by atoms with Crippen LogP contribution in [0.2, 0.25) is 5.02 Å². The van der Waals surface area contributed by atoms with Crippen LogP contribution in [0.15, 0.2) is 48.5 Å². The van der Waals surface area contributed by atoms with Gasteiger partial charge < -0.3 is 5.32 Å². The molecule has 0 fully saturated rings. The fourth-order valence-electron chi connectivity index (χ4n) is 2.25. The van der Waals surface area contributed by atoms with Crippen molar-refractivity contribution in [1.82, 2.24) is 5.32 Å². The van der Waals surface area contributed by atoms with Crippen LogP contribution in [0.25, 0.3) is 0 Å². The van der Waals surface area contributed by atoms with E-state index in [1.807, 2.05) is 0 Å². The molecule has 0 unspecified atom stereocenters. The molecule has 0 atom stereocenters. The molecule has 146 valence electrons. The van der Waals surface area contributed by atoms with Gasteiger partial charge in [-0.15, -0.1) is 0 Å². The highest BCUT2D eigenvalue weighted by molar-refractivity contribution is 7.98. The molecule has 0 saturated carbocycles. The first-order valence-electron chi connectivity index (χ1n) is 8.08. The van der Waals surface area contributed by atoms with Crippen LogP contribution in [0, 0.1) is 5.82 Å². The largest absolute Gasteiger partial charge is 0.354 e. The number of nitrogens with zero attached hydrogens (tertiary/aromatic N) is 1. The molecule has 1 amide bonds. The van der Waals surface area contributed by atoms with Gasteiger partial charge in [0.1, 0.15) is 12.4 Å². The second kappa shape index (κ2) is 9.96. The smallest absolute Gasteiger partial charge is 0.240 e. The van der Waals surface area contributed by atoms with Gasteiger partial charge >= 0.3 is 0 Å². The highest BCUT2D eigenvalue weighted by Crippen LogP contribution is 2.20. The van der Waals surface area contributed by atoms with Crippen molar-refractivity contribution < 1.29 is 17.6 Å². The quantitative estimate of drug-likeness (QED) is 0.620. The number of thioether (sulfide) groups is 1. The molecular weight excluding hydrogens is 411 g/mol. The maximum absolute atomic E-state index is 13.5. The summed E-state index contributed by atoms with van der Waals surface area (Å²) in [4.78, 5) is 12.1. The van der Waals surface area contributed by atoms with E-state index in [2.05, 4.69) is 5.32 Å². The fourth-order valence-corrected chi connectivity index (χ4v) is 4.08. The molecule has 0 aliphatic heterocycles. The van der Waals surface area contributed by atoms with Crippen LogP contribution in [0.4, 0.5) is 10.1 Å². The average molecular weight is 431 g/mol. The van der Waals surface area contributed by atoms with E-state index in [0.717, 1.165) is 10.6 Å². The highest BCUT2D eigenvalue weighted by atomic mass is 35.5. The topological polar surface area (TPSA) is 66.5 Å². The molecule has 0 aliphatic carbocycles. The highest BCUT2D eigenvalue weighted by Gasteiger charge is 2.20. The Morgan fingerprint density at radius 1 is 1.19 bits per heavy atom. The Kier molecular flexibility index (Phi) is 7.94. The SMILES string of the molecule is CS(=O)(=O)N(CC(=O)NCCSCc1ccccc1F)c1ccc(Cl)cc1. The maximum Gasteiger partial charge on any atom is 0.240 e. The number of rotatable bonds is 9. The minimum absolute atomic E-state index is 0.249. The lowest BCUT2D eigenvalue weighted by Crippen LogP contribution is -2.41. The van der Waals surface area contributed by atoms with Crippen LogP contribution in [0.1, 0.15) is 5.56 Å². The van der Waals surface area contributed by atoms with Gasteiger partial charge in [0.2, 0.25) is 15.9 Å². The second-order valence-corrected chi connectivity index (χ2v) is 9.19. The first-order valence-corrected chi connectivity index (χ1v) is 11.5. The van der Waals surface area contributed by atoms with E-state index in [0.29, 0.717) is 34.3 Å². The first-order chi connectivity index (χ1) is 12.8. The van der Waals surface area contributed by atoms with E-state index >= 15 is 0 Å². The molecule has 0 aliphatic rings. The van der Waals surface area contributed by atoms with E-state index in [4.69, 9.17) is 11.6 Å². The standard InChI is InChI=1S/C18H20ClFN2O3S2/c1-27(24,25)22(16-8-6-15(19)7-9-16)12-18(23)21-10-11-26-13-14-4-2-3-5-17(14)20/h2-9H,10-13H2,1H3,(H,21,23). The number of amides is 1. The Bertz CT molecular complexity index is 876. The van der Waals surface area contributed by atoms with Gasteiger partial charge in [0.25, 0.3) is 0 Å². The zero-order valence-corrected chi connectivity index (χ0v) is 17.1. The lowest BCUT2D eigenvalue weighted by atomic mass is 10.2. The molecule has 9 heteroatoms. The summed E-state index contributed by atoms with van der Waals surface area (Å²) in [7, 11) is -3.62. The third kappa shape index (κ3) is 7.04. The number of hydrogen-bond donors (Lipinski definition) is 1. The van der Waals surface area contributed by atoms with Gasteiger partial charge in [-0.05, 0) is 35.9 Å². The Morgan fingerprint density at radius 3 is 2.48 bits per heavy atom. The Hall–Kier alpha value is -1.77. The summed E-state index contributed by atoms with van der Waals surface area (Å²) in [6.45, 7) is 0.0363. The second-order valence-electron chi connectivity index (χ2n) is 5.74. The summed E-state index contributed by atoms with van der Waals surface area (Å²) in [5.41, 5.74) is 0.978. The maximum atomic E-state index is 13.5. The van der Waals surface area contributed by atoms with Gasteiger partial charge in [-0.2, -0.15) is 11.8 Å². The van der Waals surface area contributed by atoms with Crippen molar-refractivity contribution in [3.05, 3.63) is 64.9 Å². The van der Waals surface area contributed by atoms with Crippen molar-refractivity contribution in [2.45, 2.75) is 5.75 Å². The molecule has 5 nitrogen and oxygen atoms in total. The molecular formula is C18H20ClFN2O3S2. The molecule has 0 bridgehead atoms. The zero-order chi connectivity index (χ0) is 19.9. The molecule has 0 radical (unpaired) electrons. The minimum Gasteiger partial charge on any atom is -0.354 e. The summed E-state index contributed by atoms with van der Waals surface area (Å²) in [5, 5.41) is 3.16. The molecule has 2 aromatic rings. The van der Waals surface area contributed by atoms with Gasteiger partial charge in [-0.25, -0.2) is 12.8 Å². The first kappa shape index (κ1) is 21.5. The van der Waals surface area contributed by atoms with Gasteiger partial charge in [-0.1, -0.05) is 29.8 Å². The van der Waals surface area contributed by atoms with Crippen molar-refractivity contribution in [3.63, 3.8) is 0 Å². The van der Waals surface area contributed by atoms with E-state index in [-0.39, 0.29) is 12.4 Å². The number of anilines is 1. The van der Waals surface area contributed by atoms with Crippen molar-refractivity contribution in [2.24, 2.45) is 0 Å². The molecule has 0 spiro atoms. The zero-order valence-electron chi connectivity index (χ0n) is 14.7. The number of halogens is 2. The summed E-state index contributed by atoms with van der Waals surface area (Å²) < 4.78 is 38.5. The summed E-state index contributed by atoms with van der Waals surface area (Å²) in [5.74, 6) is 0.422. The minimum atomic E-state index is -3.62. The van der Waals surface area contributed by atoms with Crippen LogP contribution < -0.4 is 9.62 Å². The summed E-state index contributed by atoms with van der Waals surface area (Å²) >= 11 is 7.30. The normalized spacial score (nSPS) is 11.2. The van der Waals surface area contributed by atoms with Crippen molar-refractivity contribution in [2.75, 3.05) is 29.4 Å². The Morgan fingerprint density at radius 2 is 1.85 bits per heavy atom. The molecule has 1 N–H and O–H groups in total. The third-order valence-electron chi connectivity index (χ3n) is 3.59. The fraction of sp³-hybridized carbons (Fsp3) is 0.278. The molecule has 0 heterocycles. The molecule has 0 aromatic heterocycles. The van der Waals surface area contributed by atoms with E-state index in [9.17, 15) is 17.6 Å². The van der Waals surface area contributed by atoms with Crippen molar-refractivity contribution in [1.29, 1.82) is 0 Å². The number of sulfonamides is 1. The van der Waals surface area contributed by atoms with Gasteiger partial charge in [0.15, 0.2) is 0 Å². The monoisotopic (exact) mass is 430 g/mol. The predicted octanol–water partition coefficient (Wildman–Crippen LogP) is 3.29. The summed E-state index contributed by atoms with van der Waals surface area (Å²) in [6, 6.07) is 12.8. The number of benzene rings is 2. The third-order valence-corrected chi connectivity index (χ3v) is 5.99. The molecule has 27 heavy (non-hydrogen) atoms. The number of nitrogens with one attached hydrogen (secondary N) is 1. The van der Waals surface area contributed by atoms with Crippen LogP contribution in [0.5, 0.6) is 0 Å². The van der Waals surface area contributed by atoms with Crippen molar-refractivity contribution >= 4 is 45.0 Å². The Labute approximate surface area is 168 Å². The number of carbonyl (C=O) groups excluding carboxylic acids is 1. The van der Waals surface area contributed by atoms with Gasteiger partial charge in [-0.3, -0.25) is 9.10 Å². The predicted molar refractivity (Wildman–Crippen MR) is 109 cm³/mol. The van der Waals surface area contributed by atoms with E-state index in [1.54, 1.807) is 42.5 Å². The molecule has 2 aromatic carbocycles. The molecule has 2 rings (SSSR count). The lowest BCUT2D eigenvalue weighted by molar-refractivity contribution is -0.119. The van der Waals surface area contributed by atoms with E-state index in [1.165, 1.54) is 17.8 Å². The van der Waals surface area contributed by atoms with Crippen LogP contribution in [-0.4, -0.2) is 39.4 Å². The average Bonchev–Trinajstić information content (AvgIpc) is 2.61. The van der Waals surface area contributed by atoms with Crippen LogP contribution >= 0.6 is 23.4 Å². The van der Waals surface area contributed by atoms with Gasteiger partial charge in [0.05, 0.1) is 11.9 Å². The van der Waals surface area contributed by atoms with Crippen LogP contribution in [-0.2, 0) is 20.6 Å². The summed E-state index contributed by atoms with van der Waals surface area (Å²) in [6.07, 6.45) is 1.04. The van der Waals surface area contributed by atoms with Crippen LogP contribution in [0.3, 0.4) is 0 Å². The number of carbonyl (C=O) groups is 1. The molecule has 0 saturated heterocycles. The Balaban J connectivity index is 1.82. The van der Waals surface area contributed by atoms with Crippen molar-refractivity contribution in [3.8, 4) is 0 Å².